The number of benzene rings is 3. The van der Waals surface area contributed by atoms with Gasteiger partial charge in [-0.15, -0.1) is 0 Å². The molecule has 0 saturated heterocycles. The number of carbonyl (C=O) groups excluding carboxylic acids is 1. The molecule has 0 aromatic heterocycles. The highest BCUT2D eigenvalue weighted by atomic mass is 35.5. The van der Waals surface area contributed by atoms with Gasteiger partial charge in [-0.2, -0.15) is 4.72 Å². The van der Waals surface area contributed by atoms with E-state index in [1.54, 1.807) is 30.3 Å². The van der Waals surface area contributed by atoms with Gasteiger partial charge in [0.05, 0.1) is 4.90 Å². The van der Waals surface area contributed by atoms with Crippen molar-refractivity contribution < 1.29 is 13.2 Å². The number of sulfonamides is 1. The zero-order valence-electron chi connectivity index (χ0n) is 16.1. The summed E-state index contributed by atoms with van der Waals surface area (Å²) >= 11 is 12.0. The molecule has 30 heavy (non-hydrogen) atoms. The van der Waals surface area contributed by atoms with Crippen LogP contribution in [0.1, 0.15) is 11.1 Å². The van der Waals surface area contributed by atoms with E-state index < -0.39 is 22.0 Å². The molecule has 0 saturated carbocycles. The van der Waals surface area contributed by atoms with Gasteiger partial charge in [0.1, 0.15) is 6.04 Å². The molecule has 3 aromatic carbocycles. The number of anilines is 1. The Kier molecular flexibility index (Phi) is 7.15. The van der Waals surface area contributed by atoms with Gasteiger partial charge in [0, 0.05) is 15.7 Å². The van der Waals surface area contributed by atoms with Crippen LogP contribution < -0.4 is 10.0 Å². The smallest absolute Gasteiger partial charge is 0.242 e. The van der Waals surface area contributed by atoms with Crippen LogP contribution >= 0.6 is 23.2 Å². The molecule has 156 valence electrons. The summed E-state index contributed by atoms with van der Waals surface area (Å²) in [5, 5.41) is 3.41. The Morgan fingerprint density at radius 2 is 1.53 bits per heavy atom. The molecule has 1 atom stereocenters. The summed E-state index contributed by atoms with van der Waals surface area (Å²) in [5.41, 5.74) is 2.13. The highest BCUT2D eigenvalue weighted by Crippen LogP contribution is 2.23. The maximum atomic E-state index is 13.0. The molecule has 2 N–H and O–H groups in total. The van der Waals surface area contributed by atoms with Gasteiger partial charge in [-0.1, -0.05) is 71.2 Å². The molecule has 0 aliphatic heterocycles. The molecule has 5 nitrogen and oxygen atoms in total. The van der Waals surface area contributed by atoms with Crippen LogP contribution in [0.5, 0.6) is 0 Å². The van der Waals surface area contributed by atoms with Gasteiger partial charge in [0.2, 0.25) is 15.9 Å². The number of carbonyl (C=O) groups is 1. The Morgan fingerprint density at radius 1 is 0.933 bits per heavy atom. The minimum atomic E-state index is -3.91. The van der Waals surface area contributed by atoms with Gasteiger partial charge >= 0.3 is 0 Å². The second-order valence-corrected chi connectivity index (χ2v) is 9.41. The normalized spacial score (nSPS) is 12.4. The lowest BCUT2D eigenvalue weighted by Gasteiger charge is -2.19. The molecule has 0 radical (unpaired) electrons. The SMILES string of the molecule is Cc1ccc(S(=O)(=O)N[C@H](Cc2ccccc2)C(=O)Nc2cc(Cl)cc(Cl)c2)cc1. The van der Waals surface area contributed by atoms with E-state index >= 15 is 0 Å². The van der Waals surface area contributed by atoms with Crippen molar-refractivity contribution in [1.29, 1.82) is 0 Å². The van der Waals surface area contributed by atoms with Gasteiger partial charge in [-0.25, -0.2) is 8.42 Å². The van der Waals surface area contributed by atoms with Crippen LogP contribution in [-0.4, -0.2) is 20.4 Å². The molecule has 0 fully saturated rings. The van der Waals surface area contributed by atoms with E-state index in [0.29, 0.717) is 15.7 Å². The first-order valence-electron chi connectivity index (χ1n) is 9.13. The average Bonchev–Trinajstić information content (AvgIpc) is 2.67. The van der Waals surface area contributed by atoms with Crippen LogP contribution in [0.15, 0.2) is 77.7 Å². The quantitative estimate of drug-likeness (QED) is 0.527. The lowest BCUT2D eigenvalue weighted by atomic mass is 10.1. The van der Waals surface area contributed by atoms with Gasteiger partial charge < -0.3 is 5.32 Å². The lowest BCUT2D eigenvalue weighted by molar-refractivity contribution is -0.117. The summed E-state index contributed by atoms with van der Waals surface area (Å²) in [7, 11) is -3.91. The summed E-state index contributed by atoms with van der Waals surface area (Å²) in [5.74, 6) is -0.520. The third-order valence-electron chi connectivity index (χ3n) is 4.36. The zero-order valence-corrected chi connectivity index (χ0v) is 18.4. The van der Waals surface area contributed by atoms with Gasteiger partial charge in [-0.05, 0) is 49.2 Å². The lowest BCUT2D eigenvalue weighted by Crippen LogP contribution is -2.45. The van der Waals surface area contributed by atoms with Crippen LogP contribution in [-0.2, 0) is 21.2 Å². The van der Waals surface area contributed by atoms with E-state index in [4.69, 9.17) is 23.2 Å². The number of amides is 1. The molecule has 3 aromatic rings. The maximum absolute atomic E-state index is 13.0. The molecule has 8 heteroatoms. The molecule has 0 heterocycles. The van der Waals surface area contributed by atoms with Crippen LogP contribution in [0.3, 0.4) is 0 Å². The predicted molar refractivity (Wildman–Crippen MR) is 121 cm³/mol. The number of aryl methyl sites for hydroxylation is 1. The molecule has 0 bridgehead atoms. The van der Waals surface area contributed by atoms with Crippen LogP contribution in [0, 0.1) is 6.92 Å². The monoisotopic (exact) mass is 462 g/mol. The Labute approximate surface area is 186 Å². The fraction of sp³-hybridized carbons (Fsp3) is 0.136. The van der Waals surface area contributed by atoms with Gasteiger partial charge in [-0.3, -0.25) is 4.79 Å². The minimum Gasteiger partial charge on any atom is -0.325 e. The van der Waals surface area contributed by atoms with Crippen molar-refractivity contribution >= 4 is 44.8 Å². The van der Waals surface area contributed by atoms with Crippen LogP contribution in [0.25, 0.3) is 0 Å². The molecule has 0 aliphatic rings. The van der Waals surface area contributed by atoms with Crippen LogP contribution in [0.2, 0.25) is 10.0 Å². The Hall–Kier alpha value is -2.38. The van der Waals surface area contributed by atoms with Crippen molar-refractivity contribution in [3.63, 3.8) is 0 Å². The first kappa shape index (κ1) is 22.3. The topological polar surface area (TPSA) is 75.3 Å². The van der Waals surface area contributed by atoms with Crippen molar-refractivity contribution in [3.05, 3.63) is 94.0 Å². The van der Waals surface area contributed by atoms with E-state index in [2.05, 4.69) is 10.0 Å². The largest absolute Gasteiger partial charge is 0.325 e. The molecular formula is C22H20Cl2N2O3S. The zero-order chi connectivity index (χ0) is 21.7. The Bertz CT molecular complexity index is 1110. The first-order valence-corrected chi connectivity index (χ1v) is 11.4. The summed E-state index contributed by atoms with van der Waals surface area (Å²) in [6.45, 7) is 1.87. The number of hydrogen-bond acceptors (Lipinski definition) is 3. The molecule has 1 amide bonds. The fourth-order valence-corrected chi connectivity index (χ4v) is 4.59. The van der Waals surface area contributed by atoms with Crippen molar-refractivity contribution in [3.8, 4) is 0 Å². The molecule has 0 spiro atoms. The molecular weight excluding hydrogens is 443 g/mol. The highest BCUT2D eigenvalue weighted by molar-refractivity contribution is 7.89. The Balaban J connectivity index is 1.87. The third kappa shape index (κ3) is 6.06. The maximum Gasteiger partial charge on any atom is 0.242 e. The summed E-state index contributed by atoms with van der Waals surface area (Å²) < 4.78 is 28.3. The summed E-state index contributed by atoms with van der Waals surface area (Å²) in [6, 6.07) is 19.2. The van der Waals surface area contributed by atoms with E-state index in [0.717, 1.165) is 11.1 Å². The highest BCUT2D eigenvalue weighted by Gasteiger charge is 2.26. The average molecular weight is 463 g/mol. The second kappa shape index (κ2) is 9.62. The number of halogens is 2. The molecule has 0 aliphatic carbocycles. The number of nitrogens with one attached hydrogen (secondary N) is 2. The van der Waals surface area contributed by atoms with Gasteiger partial charge in [0.15, 0.2) is 0 Å². The van der Waals surface area contributed by atoms with E-state index in [-0.39, 0.29) is 11.3 Å². The van der Waals surface area contributed by atoms with Crippen molar-refractivity contribution in [2.45, 2.75) is 24.3 Å². The van der Waals surface area contributed by atoms with E-state index in [9.17, 15) is 13.2 Å². The summed E-state index contributed by atoms with van der Waals surface area (Å²) in [4.78, 5) is 13.1. The fourth-order valence-electron chi connectivity index (χ4n) is 2.87. The van der Waals surface area contributed by atoms with Crippen molar-refractivity contribution in [1.82, 2.24) is 4.72 Å². The number of rotatable bonds is 7. The second-order valence-electron chi connectivity index (χ2n) is 6.82. The van der Waals surface area contributed by atoms with E-state index in [1.807, 2.05) is 37.3 Å². The van der Waals surface area contributed by atoms with Crippen molar-refractivity contribution in [2.75, 3.05) is 5.32 Å². The van der Waals surface area contributed by atoms with Crippen molar-refractivity contribution in [2.24, 2.45) is 0 Å². The number of hydrogen-bond donors (Lipinski definition) is 2. The first-order chi connectivity index (χ1) is 14.2. The standard InChI is InChI=1S/C22H20Cl2N2O3S/c1-15-7-9-20(10-8-15)30(28,29)26-21(11-16-5-3-2-4-6-16)22(27)25-19-13-17(23)12-18(24)14-19/h2-10,12-14,21,26H,11H2,1H3,(H,25,27)/t21-/m1/s1. The molecule has 3 rings (SSSR count). The van der Waals surface area contributed by atoms with E-state index in [1.165, 1.54) is 12.1 Å². The van der Waals surface area contributed by atoms with Gasteiger partial charge in [0.25, 0.3) is 0 Å². The third-order valence-corrected chi connectivity index (χ3v) is 6.28. The minimum absolute atomic E-state index is 0.0877. The van der Waals surface area contributed by atoms with Crippen LogP contribution in [0.4, 0.5) is 5.69 Å². The predicted octanol–water partition coefficient (Wildman–Crippen LogP) is 4.83. The molecule has 0 unspecified atom stereocenters. The Morgan fingerprint density at radius 3 is 2.13 bits per heavy atom. The summed E-state index contributed by atoms with van der Waals surface area (Å²) in [6.07, 6.45) is 0.173.